The van der Waals surface area contributed by atoms with Crippen molar-refractivity contribution in [3.05, 3.63) is 56.8 Å². The molecule has 0 fully saturated rings. The molecule has 3 heterocycles. The molecule has 0 radical (unpaired) electrons. The first-order valence-corrected chi connectivity index (χ1v) is 6.91. The molecule has 0 saturated carbocycles. The molecule has 0 unspecified atom stereocenters. The Labute approximate surface area is 130 Å². The summed E-state index contributed by atoms with van der Waals surface area (Å²) in [6.07, 6.45) is 1.41. The fourth-order valence-corrected chi connectivity index (χ4v) is 2.12. The lowest BCUT2D eigenvalue weighted by Gasteiger charge is -2.04. The molecular weight excluding hydrogens is 306 g/mol. The maximum atomic E-state index is 11.9. The first-order valence-electron chi connectivity index (χ1n) is 6.53. The topological polar surface area (TPSA) is 86.7 Å². The summed E-state index contributed by atoms with van der Waals surface area (Å²) in [5.41, 5.74) is 2.37. The molecule has 3 aromatic rings. The smallest absolute Gasteiger partial charge is 0.268 e. The number of halogens is 1. The number of rotatable bonds is 3. The van der Waals surface area contributed by atoms with E-state index in [1.54, 1.807) is 13.0 Å². The summed E-state index contributed by atoms with van der Waals surface area (Å²) in [4.78, 5) is 11.9. The van der Waals surface area contributed by atoms with E-state index in [-0.39, 0.29) is 12.1 Å². The molecule has 0 aliphatic carbocycles. The predicted molar refractivity (Wildman–Crippen MR) is 79.6 cm³/mol. The van der Waals surface area contributed by atoms with E-state index in [1.165, 1.54) is 16.9 Å². The fourth-order valence-electron chi connectivity index (χ4n) is 1.98. The van der Waals surface area contributed by atoms with Gasteiger partial charge in [-0.05, 0) is 26.0 Å². The highest BCUT2D eigenvalue weighted by atomic mass is 35.5. The van der Waals surface area contributed by atoms with Gasteiger partial charge in [0.25, 0.3) is 5.56 Å². The average Bonchev–Trinajstić information content (AvgIpc) is 2.84. The normalized spacial score (nSPS) is 10.9. The van der Waals surface area contributed by atoms with Crippen LogP contribution in [0.3, 0.4) is 0 Å². The van der Waals surface area contributed by atoms with E-state index in [0.717, 1.165) is 11.3 Å². The second kappa shape index (κ2) is 5.69. The van der Waals surface area contributed by atoms with Gasteiger partial charge in [0.05, 0.1) is 23.5 Å². The van der Waals surface area contributed by atoms with Gasteiger partial charge in [-0.1, -0.05) is 16.8 Å². The summed E-state index contributed by atoms with van der Waals surface area (Å²) < 4.78 is 6.52. The van der Waals surface area contributed by atoms with Crippen molar-refractivity contribution in [1.82, 2.24) is 25.1 Å². The molecular formula is C14H12ClN5O2. The Morgan fingerprint density at radius 2 is 2.09 bits per heavy atom. The van der Waals surface area contributed by atoms with Crippen molar-refractivity contribution >= 4 is 11.6 Å². The van der Waals surface area contributed by atoms with Gasteiger partial charge in [-0.2, -0.15) is 10.2 Å². The van der Waals surface area contributed by atoms with E-state index in [9.17, 15) is 4.79 Å². The maximum Gasteiger partial charge on any atom is 0.268 e. The third kappa shape index (κ3) is 2.75. The molecule has 0 bridgehead atoms. The highest BCUT2D eigenvalue weighted by Crippen LogP contribution is 2.23. The lowest BCUT2D eigenvalue weighted by molar-refractivity contribution is 0.397. The van der Waals surface area contributed by atoms with Gasteiger partial charge in [0.1, 0.15) is 17.1 Å². The lowest BCUT2D eigenvalue weighted by atomic mass is 10.1. The minimum Gasteiger partial charge on any atom is -0.361 e. The van der Waals surface area contributed by atoms with E-state index in [0.29, 0.717) is 22.2 Å². The van der Waals surface area contributed by atoms with Crippen LogP contribution in [0.2, 0.25) is 5.02 Å². The van der Waals surface area contributed by atoms with E-state index in [1.807, 2.05) is 13.0 Å². The molecule has 0 N–H and O–H groups in total. The monoisotopic (exact) mass is 317 g/mol. The SMILES string of the molecule is Cc1ccc(-c2noc(C)c2Cn2ncc(Cl)cc2=O)nn1. The van der Waals surface area contributed by atoms with Crippen LogP contribution in [0, 0.1) is 13.8 Å². The summed E-state index contributed by atoms with van der Waals surface area (Å²) in [7, 11) is 0. The van der Waals surface area contributed by atoms with Gasteiger partial charge in [-0.15, -0.1) is 5.10 Å². The Hall–Kier alpha value is -2.54. The van der Waals surface area contributed by atoms with Crippen LogP contribution in [0.5, 0.6) is 0 Å². The molecule has 0 aromatic carbocycles. The highest BCUT2D eigenvalue weighted by Gasteiger charge is 2.17. The number of aryl methyl sites for hydroxylation is 2. The van der Waals surface area contributed by atoms with Crippen LogP contribution in [0.1, 0.15) is 17.0 Å². The molecule has 3 rings (SSSR count). The Morgan fingerprint density at radius 1 is 1.27 bits per heavy atom. The van der Waals surface area contributed by atoms with Gasteiger partial charge in [0, 0.05) is 11.6 Å². The third-order valence-electron chi connectivity index (χ3n) is 3.17. The average molecular weight is 318 g/mol. The van der Waals surface area contributed by atoms with Crippen LogP contribution in [-0.4, -0.2) is 25.1 Å². The van der Waals surface area contributed by atoms with Gasteiger partial charge < -0.3 is 4.52 Å². The van der Waals surface area contributed by atoms with Gasteiger partial charge in [0.2, 0.25) is 0 Å². The largest absolute Gasteiger partial charge is 0.361 e. The minimum absolute atomic E-state index is 0.218. The van der Waals surface area contributed by atoms with Crippen molar-refractivity contribution in [3.8, 4) is 11.4 Å². The molecule has 0 aliphatic rings. The number of hydrogen-bond donors (Lipinski definition) is 0. The standard InChI is InChI=1S/C14H12ClN5O2/c1-8-3-4-12(18-17-8)14-11(9(2)22-19-14)7-20-13(21)5-10(15)6-16-20/h3-6H,7H2,1-2H3. The van der Waals surface area contributed by atoms with Crippen molar-refractivity contribution in [3.63, 3.8) is 0 Å². The summed E-state index contributed by atoms with van der Waals surface area (Å²) in [5, 5.41) is 16.4. The minimum atomic E-state index is -0.297. The molecule has 0 saturated heterocycles. The maximum absolute atomic E-state index is 11.9. The third-order valence-corrected chi connectivity index (χ3v) is 3.38. The Balaban J connectivity index is 2.02. The summed E-state index contributed by atoms with van der Waals surface area (Å²) >= 11 is 5.75. The van der Waals surface area contributed by atoms with Gasteiger partial charge in [-0.25, -0.2) is 4.68 Å². The van der Waals surface area contributed by atoms with E-state index in [4.69, 9.17) is 16.1 Å². The number of hydrogen-bond acceptors (Lipinski definition) is 6. The van der Waals surface area contributed by atoms with Crippen molar-refractivity contribution in [2.45, 2.75) is 20.4 Å². The first kappa shape index (κ1) is 14.4. The van der Waals surface area contributed by atoms with Crippen molar-refractivity contribution in [2.24, 2.45) is 0 Å². The summed E-state index contributed by atoms with van der Waals surface area (Å²) in [6.45, 7) is 3.84. The molecule has 0 amide bonds. The van der Waals surface area contributed by atoms with Gasteiger partial charge in [-0.3, -0.25) is 4.79 Å². The Bertz CT molecular complexity index is 870. The molecule has 0 spiro atoms. The summed E-state index contributed by atoms with van der Waals surface area (Å²) in [5.74, 6) is 0.598. The Morgan fingerprint density at radius 3 is 2.77 bits per heavy atom. The van der Waals surface area contributed by atoms with Crippen LogP contribution < -0.4 is 5.56 Å². The molecule has 0 atom stereocenters. The second-order valence-corrected chi connectivity index (χ2v) is 5.23. The molecule has 22 heavy (non-hydrogen) atoms. The fraction of sp³-hybridized carbons (Fsp3) is 0.214. The van der Waals surface area contributed by atoms with Crippen molar-refractivity contribution < 1.29 is 4.52 Å². The molecule has 0 aliphatic heterocycles. The zero-order valence-electron chi connectivity index (χ0n) is 11.9. The lowest BCUT2D eigenvalue weighted by Crippen LogP contribution is -2.22. The summed E-state index contributed by atoms with van der Waals surface area (Å²) in [6, 6.07) is 4.95. The van der Waals surface area contributed by atoms with Crippen LogP contribution in [0.15, 0.2) is 33.7 Å². The van der Waals surface area contributed by atoms with Crippen LogP contribution in [0.4, 0.5) is 0 Å². The van der Waals surface area contributed by atoms with Crippen molar-refractivity contribution in [2.75, 3.05) is 0 Å². The van der Waals surface area contributed by atoms with Crippen LogP contribution in [0.25, 0.3) is 11.4 Å². The van der Waals surface area contributed by atoms with E-state index in [2.05, 4.69) is 20.5 Å². The Kier molecular flexibility index (Phi) is 3.72. The van der Waals surface area contributed by atoms with Crippen LogP contribution in [-0.2, 0) is 6.54 Å². The second-order valence-electron chi connectivity index (χ2n) is 4.80. The van der Waals surface area contributed by atoms with Gasteiger partial charge >= 0.3 is 0 Å². The quantitative estimate of drug-likeness (QED) is 0.734. The van der Waals surface area contributed by atoms with Gasteiger partial charge in [0.15, 0.2) is 0 Å². The van der Waals surface area contributed by atoms with Crippen molar-refractivity contribution in [1.29, 1.82) is 0 Å². The van der Waals surface area contributed by atoms with Crippen LogP contribution >= 0.6 is 11.6 Å². The zero-order chi connectivity index (χ0) is 15.7. The van der Waals surface area contributed by atoms with E-state index >= 15 is 0 Å². The molecule has 3 aromatic heterocycles. The number of nitrogens with zero attached hydrogens (tertiary/aromatic N) is 5. The molecule has 112 valence electrons. The molecule has 7 nitrogen and oxygen atoms in total. The van der Waals surface area contributed by atoms with E-state index < -0.39 is 0 Å². The first-order chi connectivity index (χ1) is 10.5. The predicted octanol–water partition coefficient (Wildman–Crippen LogP) is 2.01. The molecule has 8 heteroatoms. The zero-order valence-corrected chi connectivity index (χ0v) is 12.7. The number of aromatic nitrogens is 5. The highest BCUT2D eigenvalue weighted by molar-refractivity contribution is 6.30.